The first kappa shape index (κ1) is 18.5. The number of methoxy groups -OCH3 is 2. The van der Waals surface area contributed by atoms with Gasteiger partial charge in [-0.05, 0) is 79.9 Å². The molecule has 29 heavy (non-hydrogen) atoms. The van der Waals surface area contributed by atoms with Crippen LogP contribution in [0.5, 0.6) is 11.5 Å². The molecule has 0 unspecified atom stereocenters. The third kappa shape index (κ3) is 3.38. The molecule has 1 aromatic heterocycles. The van der Waals surface area contributed by atoms with Crippen molar-refractivity contribution < 1.29 is 18.8 Å². The number of hydrogen-bond acceptors (Lipinski definition) is 5. The van der Waals surface area contributed by atoms with Gasteiger partial charge in [-0.2, -0.15) is 0 Å². The first-order valence-corrected chi connectivity index (χ1v) is 10.5. The second-order valence-electron chi connectivity index (χ2n) is 9.25. The predicted molar refractivity (Wildman–Crippen MR) is 108 cm³/mol. The Hall–Kier alpha value is -2.50. The van der Waals surface area contributed by atoms with Crippen LogP contribution in [0.2, 0.25) is 0 Å². The minimum atomic E-state index is -0.181. The lowest BCUT2D eigenvalue weighted by Crippen LogP contribution is -2.51. The molecule has 4 aliphatic rings. The molecule has 154 valence electrons. The zero-order valence-corrected chi connectivity index (χ0v) is 17.1. The highest BCUT2D eigenvalue weighted by Gasteiger charge is 2.50. The number of carbonyl (C=O) groups is 1. The number of aromatic nitrogens is 1. The van der Waals surface area contributed by atoms with Crippen LogP contribution in [0.3, 0.4) is 0 Å². The van der Waals surface area contributed by atoms with E-state index < -0.39 is 0 Å². The molecule has 4 aliphatic carbocycles. The van der Waals surface area contributed by atoms with Gasteiger partial charge in [0.2, 0.25) is 5.76 Å². The fraction of sp³-hybridized carbons (Fsp3) is 0.565. The van der Waals surface area contributed by atoms with E-state index in [0.29, 0.717) is 22.6 Å². The predicted octanol–water partition coefficient (Wildman–Crippen LogP) is 4.31. The number of hydrogen-bond donors (Lipinski definition) is 1. The molecule has 0 aliphatic heterocycles. The summed E-state index contributed by atoms with van der Waals surface area (Å²) in [6.45, 7) is 0.752. The lowest BCUT2D eigenvalue weighted by molar-refractivity contribution is -0.0504. The fourth-order valence-corrected chi connectivity index (χ4v) is 6.38. The maximum absolute atomic E-state index is 12.7. The van der Waals surface area contributed by atoms with Crippen molar-refractivity contribution in [3.8, 4) is 22.8 Å². The molecule has 0 radical (unpaired) electrons. The summed E-state index contributed by atoms with van der Waals surface area (Å²) < 4.78 is 16.0. The minimum absolute atomic E-state index is 0.181. The average molecular weight is 396 g/mol. The lowest BCUT2D eigenvalue weighted by Gasteiger charge is -2.56. The number of rotatable bonds is 6. The van der Waals surface area contributed by atoms with Crippen LogP contribution in [-0.2, 0) is 0 Å². The van der Waals surface area contributed by atoms with Gasteiger partial charge in [0.1, 0.15) is 5.69 Å². The van der Waals surface area contributed by atoms with Crippen LogP contribution in [0, 0.1) is 23.2 Å². The molecule has 0 saturated heterocycles. The molecule has 1 amide bonds. The van der Waals surface area contributed by atoms with Crippen LogP contribution in [0.15, 0.2) is 28.8 Å². The lowest BCUT2D eigenvalue weighted by atomic mass is 9.49. The van der Waals surface area contributed by atoms with Crippen molar-refractivity contribution in [2.75, 3.05) is 20.8 Å². The maximum atomic E-state index is 12.7. The standard InChI is InChI=1S/C23H28N2O4/c1-27-19-4-3-17(8-20(19)28-2)18-9-21(29-25-18)22(26)24-13-23-10-14-5-15(11-23)7-16(6-14)12-23/h3-4,8-9,14-16H,5-7,10-13H2,1-2H3,(H,24,26). The first-order chi connectivity index (χ1) is 14.1. The summed E-state index contributed by atoms with van der Waals surface area (Å²) in [5.41, 5.74) is 1.72. The Balaban J connectivity index is 1.27. The van der Waals surface area contributed by atoms with Crippen molar-refractivity contribution >= 4 is 5.91 Å². The van der Waals surface area contributed by atoms with Crippen LogP contribution in [-0.4, -0.2) is 31.8 Å². The second kappa shape index (κ2) is 7.08. The van der Waals surface area contributed by atoms with E-state index in [1.54, 1.807) is 20.3 Å². The van der Waals surface area contributed by atoms with E-state index in [1.165, 1.54) is 38.5 Å². The molecule has 1 heterocycles. The number of ether oxygens (including phenoxy) is 2. The molecule has 4 bridgehead atoms. The molecule has 1 N–H and O–H groups in total. The Morgan fingerprint density at radius 1 is 1.07 bits per heavy atom. The van der Waals surface area contributed by atoms with Crippen molar-refractivity contribution in [2.24, 2.45) is 23.2 Å². The molecule has 6 rings (SSSR count). The van der Waals surface area contributed by atoms with Gasteiger partial charge in [0.05, 0.1) is 14.2 Å². The normalized spacial score (nSPS) is 29.7. The van der Waals surface area contributed by atoms with E-state index >= 15 is 0 Å². The number of nitrogens with one attached hydrogen (secondary N) is 1. The van der Waals surface area contributed by atoms with Crippen LogP contribution in [0.4, 0.5) is 0 Å². The fourth-order valence-electron chi connectivity index (χ4n) is 6.38. The Bertz CT molecular complexity index is 884. The van der Waals surface area contributed by atoms with E-state index in [1.807, 2.05) is 18.2 Å². The molecule has 2 aromatic rings. The second-order valence-corrected chi connectivity index (χ2v) is 9.25. The summed E-state index contributed by atoms with van der Waals surface area (Å²) in [5.74, 6) is 3.95. The third-order valence-electron chi connectivity index (χ3n) is 7.20. The summed E-state index contributed by atoms with van der Waals surface area (Å²) in [5, 5.41) is 7.23. The van der Waals surface area contributed by atoms with Gasteiger partial charge >= 0.3 is 0 Å². The quantitative estimate of drug-likeness (QED) is 0.788. The minimum Gasteiger partial charge on any atom is -0.493 e. The van der Waals surface area contributed by atoms with Crippen LogP contribution < -0.4 is 14.8 Å². The van der Waals surface area contributed by atoms with E-state index in [0.717, 1.165) is 29.9 Å². The third-order valence-corrected chi connectivity index (χ3v) is 7.20. The highest BCUT2D eigenvalue weighted by molar-refractivity contribution is 5.92. The van der Waals surface area contributed by atoms with Crippen molar-refractivity contribution in [1.82, 2.24) is 10.5 Å². The van der Waals surface area contributed by atoms with Crippen molar-refractivity contribution in [2.45, 2.75) is 38.5 Å². The van der Waals surface area contributed by atoms with Crippen molar-refractivity contribution in [3.05, 3.63) is 30.0 Å². The van der Waals surface area contributed by atoms with Crippen molar-refractivity contribution in [1.29, 1.82) is 0 Å². The van der Waals surface area contributed by atoms with Crippen LogP contribution in [0.1, 0.15) is 49.1 Å². The van der Waals surface area contributed by atoms with Gasteiger partial charge in [-0.3, -0.25) is 4.79 Å². The number of amides is 1. The number of benzene rings is 1. The number of carbonyl (C=O) groups excluding carboxylic acids is 1. The van der Waals surface area contributed by atoms with Gasteiger partial charge in [0.25, 0.3) is 5.91 Å². The molecule has 0 atom stereocenters. The number of nitrogens with zero attached hydrogens (tertiary/aromatic N) is 1. The summed E-state index contributed by atoms with van der Waals surface area (Å²) in [4.78, 5) is 12.7. The molecular weight excluding hydrogens is 368 g/mol. The smallest absolute Gasteiger partial charge is 0.289 e. The molecule has 1 aromatic carbocycles. The van der Waals surface area contributed by atoms with Crippen molar-refractivity contribution in [3.63, 3.8) is 0 Å². The van der Waals surface area contributed by atoms with Gasteiger partial charge < -0.3 is 19.3 Å². The van der Waals surface area contributed by atoms with Gasteiger partial charge in [-0.25, -0.2) is 0 Å². The Morgan fingerprint density at radius 2 is 1.72 bits per heavy atom. The average Bonchev–Trinajstić information content (AvgIpc) is 3.21. The summed E-state index contributed by atoms with van der Waals surface area (Å²) in [7, 11) is 3.19. The molecule has 0 spiro atoms. The largest absolute Gasteiger partial charge is 0.493 e. The van der Waals surface area contributed by atoms with Gasteiger partial charge in [-0.15, -0.1) is 0 Å². The Morgan fingerprint density at radius 3 is 2.34 bits per heavy atom. The summed E-state index contributed by atoms with van der Waals surface area (Å²) in [6, 6.07) is 7.20. The zero-order valence-electron chi connectivity index (χ0n) is 17.1. The van der Waals surface area contributed by atoms with E-state index in [4.69, 9.17) is 14.0 Å². The summed E-state index contributed by atoms with van der Waals surface area (Å²) >= 11 is 0. The topological polar surface area (TPSA) is 73.6 Å². The van der Waals surface area contributed by atoms with Gasteiger partial charge in [0.15, 0.2) is 11.5 Å². The van der Waals surface area contributed by atoms with Crippen LogP contribution >= 0.6 is 0 Å². The highest BCUT2D eigenvalue weighted by atomic mass is 16.5. The SMILES string of the molecule is COc1ccc(-c2cc(C(=O)NCC34CC5CC(CC(C5)C3)C4)on2)cc1OC. The molecule has 6 nitrogen and oxygen atoms in total. The van der Waals surface area contributed by atoms with E-state index in [9.17, 15) is 4.79 Å². The molecule has 6 heteroatoms. The van der Waals surface area contributed by atoms with E-state index in [-0.39, 0.29) is 11.7 Å². The summed E-state index contributed by atoms with van der Waals surface area (Å²) in [6.07, 6.45) is 8.03. The van der Waals surface area contributed by atoms with Gasteiger partial charge in [-0.1, -0.05) is 5.16 Å². The first-order valence-electron chi connectivity index (χ1n) is 10.5. The zero-order chi connectivity index (χ0) is 20.0. The highest BCUT2D eigenvalue weighted by Crippen LogP contribution is 2.59. The van der Waals surface area contributed by atoms with Gasteiger partial charge in [0, 0.05) is 18.2 Å². The molecule has 4 saturated carbocycles. The van der Waals surface area contributed by atoms with E-state index in [2.05, 4.69) is 10.5 Å². The Labute approximate surface area is 170 Å². The maximum Gasteiger partial charge on any atom is 0.289 e. The molecule has 4 fully saturated rings. The monoisotopic (exact) mass is 396 g/mol. The Kier molecular flexibility index (Phi) is 4.52. The van der Waals surface area contributed by atoms with Crippen LogP contribution in [0.25, 0.3) is 11.3 Å². The molecular formula is C23H28N2O4.